The molecular weight excluding hydrogens is 416 g/mol. The van der Waals surface area contributed by atoms with Gasteiger partial charge in [-0.3, -0.25) is 4.79 Å². The third kappa shape index (κ3) is 3.90. The molecule has 0 unspecified atom stereocenters. The Kier molecular flexibility index (Phi) is 5.70. The molecule has 168 valence electrons. The number of hydrogen-bond donors (Lipinski definition) is 0. The average molecular weight is 447 g/mol. The van der Waals surface area contributed by atoms with Crippen molar-refractivity contribution in [2.45, 2.75) is 55.8 Å². The number of likely N-dealkylation sites (N-methyl/N-ethyl adjacent to an activating group) is 1. The van der Waals surface area contributed by atoms with Crippen LogP contribution in [0.1, 0.15) is 44.0 Å². The van der Waals surface area contributed by atoms with Crippen molar-refractivity contribution in [3.8, 4) is 0 Å². The quantitative estimate of drug-likeness (QED) is 0.719. The minimum absolute atomic E-state index is 0.0981. The van der Waals surface area contributed by atoms with E-state index in [1.165, 1.54) is 9.21 Å². The number of carbonyl (C=O) groups excluding carboxylic acids is 1. The van der Waals surface area contributed by atoms with Crippen molar-refractivity contribution < 1.29 is 17.9 Å². The molecule has 2 aliphatic heterocycles. The number of piperidine rings is 1. The zero-order valence-electron chi connectivity index (χ0n) is 18.5. The molecule has 8 nitrogen and oxygen atoms in total. The highest BCUT2D eigenvalue weighted by Crippen LogP contribution is 2.41. The molecule has 0 aliphatic carbocycles. The van der Waals surface area contributed by atoms with Crippen LogP contribution in [-0.2, 0) is 31.7 Å². The highest BCUT2D eigenvalue weighted by Gasteiger charge is 2.48. The molecule has 0 bridgehead atoms. The molecule has 1 atom stereocenters. The van der Waals surface area contributed by atoms with E-state index < -0.39 is 21.7 Å². The molecule has 1 spiro atoms. The number of hydrogen-bond acceptors (Lipinski definition) is 5. The molecule has 1 aromatic carbocycles. The lowest BCUT2D eigenvalue weighted by molar-refractivity contribution is -0.177. The van der Waals surface area contributed by atoms with Crippen molar-refractivity contribution in [3.05, 3.63) is 48.0 Å². The second-order valence-corrected chi connectivity index (χ2v) is 10.8. The molecule has 31 heavy (non-hydrogen) atoms. The van der Waals surface area contributed by atoms with Crippen molar-refractivity contribution in [1.29, 1.82) is 0 Å². The van der Waals surface area contributed by atoms with E-state index in [1.54, 1.807) is 32.4 Å². The van der Waals surface area contributed by atoms with Gasteiger partial charge in [-0.1, -0.05) is 26.0 Å². The van der Waals surface area contributed by atoms with E-state index >= 15 is 0 Å². The van der Waals surface area contributed by atoms with Crippen molar-refractivity contribution in [1.82, 2.24) is 18.8 Å². The van der Waals surface area contributed by atoms with Gasteiger partial charge in [0, 0.05) is 39.6 Å². The maximum Gasteiger partial charge on any atom is 0.253 e. The fourth-order valence-corrected chi connectivity index (χ4v) is 5.86. The minimum Gasteiger partial charge on any atom is -0.352 e. The maximum absolute atomic E-state index is 13.2. The summed E-state index contributed by atoms with van der Waals surface area (Å²) in [7, 11) is -0.172. The molecule has 0 saturated carbocycles. The van der Waals surface area contributed by atoms with Gasteiger partial charge in [0.15, 0.2) is 6.10 Å². The number of rotatable bonds is 4. The van der Waals surface area contributed by atoms with E-state index in [9.17, 15) is 13.2 Å². The van der Waals surface area contributed by atoms with Crippen LogP contribution in [0.15, 0.2) is 41.6 Å². The normalized spacial score (nSPS) is 21.3. The van der Waals surface area contributed by atoms with E-state index in [-0.39, 0.29) is 5.91 Å². The number of sulfonamides is 1. The molecule has 3 heterocycles. The molecule has 1 aromatic heterocycles. The summed E-state index contributed by atoms with van der Waals surface area (Å²) in [4.78, 5) is 18.9. The van der Waals surface area contributed by atoms with Crippen LogP contribution < -0.4 is 0 Å². The van der Waals surface area contributed by atoms with Crippen molar-refractivity contribution in [2.24, 2.45) is 0 Å². The highest BCUT2D eigenvalue weighted by molar-refractivity contribution is 7.89. The van der Waals surface area contributed by atoms with Gasteiger partial charge in [-0.15, -0.1) is 0 Å². The van der Waals surface area contributed by atoms with Gasteiger partial charge in [-0.2, -0.15) is 4.31 Å². The zero-order chi connectivity index (χ0) is 22.4. The molecule has 9 heteroatoms. The number of nitrogens with zero attached hydrogens (tertiary/aromatic N) is 4. The van der Waals surface area contributed by atoms with E-state index in [0.717, 1.165) is 11.4 Å². The molecule has 0 radical (unpaired) electrons. The van der Waals surface area contributed by atoms with Crippen LogP contribution in [0, 0.1) is 0 Å². The Labute approximate surface area is 183 Å². The first-order valence-corrected chi connectivity index (χ1v) is 12.1. The van der Waals surface area contributed by atoms with E-state index in [1.807, 2.05) is 22.9 Å². The Morgan fingerprint density at radius 2 is 1.84 bits per heavy atom. The van der Waals surface area contributed by atoms with Gasteiger partial charge in [0.1, 0.15) is 11.4 Å². The van der Waals surface area contributed by atoms with Crippen molar-refractivity contribution >= 4 is 15.9 Å². The monoisotopic (exact) mass is 446 g/mol. The van der Waals surface area contributed by atoms with Crippen LogP contribution >= 0.6 is 0 Å². The van der Waals surface area contributed by atoms with Gasteiger partial charge in [0.25, 0.3) is 5.91 Å². The fourth-order valence-electron chi connectivity index (χ4n) is 4.42. The van der Waals surface area contributed by atoms with Gasteiger partial charge < -0.3 is 14.2 Å². The number of aromatic nitrogens is 2. The van der Waals surface area contributed by atoms with Crippen LogP contribution in [0.2, 0.25) is 0 Å². The summed E-state index contributed by atoms with van der Waals surface area (Å²) in [5, 5.41) is 0. The van der Waals surface area contributed by atoms with Gasteiger partial charge in [0.05, 0.1) is 11.4 Å². The van der Waals surface area contributed by atoms with Crippen LogP contribution in [0.3, 0.4) is 0 Å². The lowest BCUT2D eigenvalue weighted by atomic mass is 9.89. The van der Waals surface area contributed by atoms with Crippen LogP contribution in [0.4, 0.5) is 0 Å². The first kappa shape index (κ1) is 22.0. The predicted molar refractivity (Wildman–Crippen MR) is 116 cm³/mol. The molecule has 2 aromatic rings. The van der Waals surface area contributed by atoms with E-state index in [2.05, 4.69) is 18.8 Å². The number of ether oxygens (including phenoxy) is 1. The smallest absolute Gasteiger partial charge is 0.253 e. The predicted octanol–water partition coefficient (Wildman–Crippen LogP) is 2.17. The largest absolute Gasteiger partial charge is 0.352 e. The molecular formula is C22H30N4O4S. The summed E-state index contributed by atoms with van der Waals surface area (Å²) >= 11 is 0. The van der Waals surface area contributed by atoms with E-state index in [0.29, 0.717) is 43.3 Å². The van der Waals surface area contributed by atoms with Gasteiger partial charge in [0.2, 0.25) is 10.0 Å². The Morgan fingerprint density at radius 3 is 2.42 bits per heavy atom. The molecule has 2 aliphatic rings. The topological polar surface area (TPSA) is 84.7 Å². The number of amides is 1. The number of imidazole rings is 1. The fraction of sp³-hybridized carbons (Fsp3) is 0.545. The van der Waals surface area contributed by atoms with Gasteiger partial charge in [-0.25, -0.2) is 13.4 Å². The third-order valence-electron chi connectivity index (χ3n) is 6.28. The third-order valence-corrected chi connectivity index (χ3v) is 8.20. The Hall–Kier alpha value is -2.23. The highest BCUT2D eigenvalue weighted by atomic mass is 32.2. The Morgan fingerprint density at radius 1 is 1.19 bits per heavy atom. The van der Waals surface area contributed by atoms with Gasteiger partial charge >= 0.3 is 0 Å². The van der Waals surface area contributed by atoms with E-state index in [4.69, 9.17) is 4.74 Å². The second kappa shape index (κ2) is 8.03. The van der Waals surface area contributed by atoms with Crippen molar-refractivity contribution in [3.63, 3.8) is 0 Å². The van der Waals surface area contributed by atoms with Gasteiger partial charge in [-0.05, 0) is 36.5 Å². The number of benzene rings is 1. The van der Waals surface area contributed by atoms with Crippen LogP contribution in [-0.4, -0.2) is 66.4 Å². The lowest BCUT2D eigenvalue weighted by Gasteiger charge is -2.45. The summed E-state index contributed by atoms with van der Waals surface area (Å²) in [5.41, 5.74) is 0.349. The second-order valence-electron chi connectivity index (χ2n) is 8.86. The average Bonchev–Trinajstić information content (AvgIpc) is 3.23. The Bertz CT molecular complexity index is 1050. The summed E-state index contributed by atoms with van der Waals surface area (Å²) in [6, 6.07) is 7.12. The maximum atomic E-state index is 13.2. The first-order chi connectivity index (χ1) is 14.6. The first-order valence-electron chi connectivity index (χ1n) is 10.6. The van der Waals surface area contributed by atoms with Crippen LogP contribution in [0.5, 0.6) is 0 Å². The summed E-state index contributed by atoms with van der Waals surface area (Å²) in [6.45, 7) is 5.19. The number of carbonyl (C=O) groups is 1. The summed E-state index contributed by atoms with van der Waals surface area (Å²) in [6.07, 6.45) is 3.86. The SMILES string of the molecule is CC(C)c1ccc(S(=O)(=O)N2CCC3(CC2)O[C@H](C(=O)N(C)C)Cn2ccnc23)cc1. The summed E-state index contributed by atoms with van der Waals surface area (Å²) < 4.78 is 36.2. The van der Waals surface area contributed by atoms with Crippen LogP contribution in [0.25, 0.3) is 0 Å². The standard InChI is InChI=1S/C22H30N4O4S/c1-16(2)17-5-7-18(8-6-17)31(28,29)26-12-9-22(10-13-26)21-23-11-14-25(21)15-19(30-22)20(27)24(3)4/h5-8,11,14,16,19H,9-10,12-13,15H2,1-4H3/t19-/m0/s1. The zero-order valence-corrected chi connectivity index (χ0v) is 19.3. The summed E-state index contributed by atoms with van der Waals surface area (Å²) in [5.74, 6) is 1.02. The number of fused-ring (bicyclic) bond motifs is 2. The minimum atomic E-state index is -3.59. The molecule has 0 N–H and O–H groups in total. The molecule has 4 rings (SSSR count). The molecule has 1 saturated heterocycles. The molecule has 1 fully saturated rings. The lowest BCUT2D eigenvalue weighted by Crippen LogP contribution is -2.54. The Balaban J connectivity index is 1.55. The molecule has 1 amide bonds. The van der Waals surface area contributed by atoms with Crippen molar-refractivity contribution in [2.75, 3.05) is 27.2 Å².